The molecule has 0 saturated heterocycles. The zero-order valence-electron chi connectivity index (χ0n) is 15.4. The summed E-state index contributed by atoms with van der Waals surface area (Å²) >= 11 is 1.13. The SMILES string of the molecule is CC(C)n1c(=O)n(C)c(=O)c2c(C(=O)O)c(Cn3nnc4ccccc43)sc21. The molecule has 10 heteroatoms. The summed E-state index contributed by atoms with van der Waals surface area (Å²) in [7, 11) is 1.36. The largest absolute Gasteiger partial charge is 0.478 e. The molecule has 1 aromatic carbocycles. The molecule has 144 valence electrons. The molecule has 0 spiro atoms. The fraction of sp³-hybridized carbons (Fsp3) is 0.278. The number of benzene rings is 1. The van der Waals surface area contributed by atoms with Gasteiger partial charge >= 0.3 is 11.7 Å². The fourth-order valence-electron chi connectivity index (χ4n) is 3.30. The van der Waals surface area contributed by atoms with E-state index in [9.17, 15) is 19.5 Å². The van der Waals surface area contributed by atoms with Gasteiger partial charge in [0.25, 0.3) is 5.56 Å². The Kier molecular flexibility index (Phi) is 4.15. The molecule has 28 heavy (non-hydrogen) atoms. The highest BCUT2D eigenvalue weighted by Gasteiger charge is 2.26. The molecule has 3 aromatic heterocycles. The third kappa shape index (κ3) is 2.56. The number of aromatic carboxylic acids is 1. The van der Waals surface area contributed by atoms with E-state index in [1.165, 1.54) is 11.6 Å². The molecule has 0 saturated carbocycles. The number of hydrogen-bond donors (Lipinski definition) is 1. The Morgan fingerprint density at radius 1 is 1.25 bits per heavy atom. The first-order chi connectivity index (χ1) is 13.3. The van der Waals surface area contributed by atoms with Crippen molar-refractivity contribution >= 4 is 38.6 Å². The Labute approximate surface area is 162 Å². The van der Waals surface area contributed by atoms with Crippen molar-refractivity contribution in [2.24, 2.45) is 7.05 Å². The van der Waals surface area contributed by atoms with E-state index in [2.05, 4.69) is 10.3 Å². The summed E-state index contributed by atoms with van der Waals surface area (Å²) in [5.41, 5.74) is 0.277. The van der Waals surface area contributed by atoms with Gasteiger partial charge in [-0.3, -0.25) is 13.9 Å². The number of nitrogens with zero attached hydrogens (tertiary/aromatic N) is 5. The summed E-state index contributed by atoms with van der Waals surface area (Å²) < 4.78 is 4.00. The quantitative estimate of drug-likeness (QED) is 0.560. The van der Waals surface area contributed by atoms with E-state index < -0.39 is 17.2 Å². The number of thiophene rings is 1. The minimum atomic E-state index is -1.21. The minimum absolute atomic E-state index is 0.0488. The average molecular weight is 399 g/mol. The molecule has 0 atom stereocenters. The molecule has 3 heterocycles. The molecule has 0 radical (unpaired) electrons. The second-order valence-corrected chi connectivity index (χ2v) is 7.82. The third-order valence-electron chi connectivity index (χ3n) is 4.64. The van der Waals surface area contributed by atoms with Crippen molar-refractivity contribution < 1.29 is 9.90 Å². The van der Waals surface area contributed by atoms with E-state index in [4.69, 9.17) is 0 Å². The van der Waals surface area contributed by atoms with Crippen molar-refractivity contribution in [2.75, 3.05) is 0 Å². The number of aromatic nitrogens is 5. The Morgan fingerprint density at radius 3 is 2.64 bits per heavy atom. The van der Waals surface area contributed by atoms with E-state index >= 15 is 0 Å². The van der Waals surface area contributed by atoms with E-state index in [1.54, 1.807) is 4.68 Å². The Balaban J connectivity index is 2.04. The second kappa shape index (κ2) is 6.41. The molecule has 9 nitrogen and oxygen atoms in total. The highest BCUT2D eigenvalue weighted by Crippen LogP contribution is 2.31. The summed E-state index contributed by atoms with van der Waals surface area (Å²) in [4.78, 5) is 38.2. The van der Waals surface area contributed by atoms with E-state index in [-0.39, 0.29) is 23.5 Å². The number of carbonyl (C=O) groups is 1. The molecule has 4 aromatic rings. The Hall–Kier alpha value is -3.27. The van der Waals surface area contributed by atoms with Gasteiger partial charge in [0.1, 0.15) is 10.3 Å². The lowest BCUT2D eigenvalue weighted by Crippen LogP contribution is -2.38. The normalized spacial score (nSPS) is 11.7. The van der Waals surface area contributed by atoms with Crippen LogP contribution in [0, 0.1) is 0 Å². The number of carboxylic acids is 1. The minimum Gasteiger partial charge on any atom is -0.478 e. The lowest BCUT2D eigenvalue weighted by atomic mass is 10.2. The molecule has 4 rings (SSSR count). The molecule has 0 aliphatic carbocycles. The molecule has 0 unspecified atom stereocenters. The molecular weight excluding hydrogens is 382 g/mol. The molecule has 0 bridgehead atoms. The maximum Gasteiger partial charge on any atom is 0.337 e. The van der Waals surface area contributed by atoms with Crippen LogP contribution in [0.15, 0.2) is 33.9 Å². The monoisotopic (exact) mass is 399 g/mol. The van der Waals surface area contributed by atoms with Gasteiger partial charge in [-0.2, -0.15) is 0 Å². The van der Waals surface area contributed by atoms with E-state index in [0.717, 1.165) is 21.4 Å². The number of fused-ring (bicyclic) bond motifs is 2. The standard InChI is InChI=1S/C18H17N5O4S/c1-9(2)23-16-14(15(24)21(3)18(23)27)13(17(25)26)12(28-16)8-22-11-7-5-4-6-10(11)19-20-22/h4-7,9H,8H2,1-3H3,(H,25,26). The summed E-state index contributed by atoms with van der Waals surface area (Å²) in [6.45, 7) is 3.77. The van der Waals surface area contributed by atoms with Crippen LogP contribution >= 0.6 is 11.3 Å². The maximum absolute atomic E-state index is 12.7. The van der Waals surface area contributed by atoms with Gasteiger partial charge in [0.15, 0.2) is 0 Å². The predicted octanol–water partition coefficient (Wildman–Crippen LogP) is 1.83. The first kappa shape index (κ1) is 18.1. The van der Waals surface area contributed by atoms with Crippen LogP contribution in [-0.4, -0.2) is 35.2 Å². The zero-order chi connectivity index (χ0) is 20.2. The van der Waals surface area contributed by atoms with Crippen molar-refractivity contribution in [3.05, 3.63) is 55.5 Å². The van der Waals surface area contributed by atoms with Gasteiger partial charge in [0, 0.05) is 18.0 Å². The van der Waals surface area contributed by atoms with Crippen molar-refractivity contribution in [1.82, 2.24) is 24.1 Å². The van der Waals surface area contributed by atoms with E-state index in [1.807, 2.05) is 38.1 Å². The number of carboxylic acid groups (broad SMARTS) is 1. The van der Waals surface area contributed by atoms with Gasteiger partial charge in [-0.1, -0.05) is 17.3 Å². The molecule has 0 aliphatic heterocycles. The van der Waals surface area contributed by atoms with Gasteiger partial charge in [-0.15, -0.1) is 16.4 Å². The highest BCUT2D eigenvalue weighted by molar-refractivity contribution is 7.19. The Bertz CT molecular complexity index is 1360. The molecule has 0 amide bonds. The second-order valence-electron chi connectivity index (χ2n) is 6.73. The van der Waals surface area contributed by atoms with Crippen LogP contribution in [0.4, 0.5) is 0 Å². The number of hydrogen-bond acceptors (Lipinski definition) is 6. The van der Waals surface area contributed by atoms with Gasteiger partial charge in [-0.25, -0.2) is 14.3 Å². The first-order valence-electron chi connectivity index (χ1n) is 8.59. The Morgan fingerprint density at radius 2 is 1.96 bits per heavy atom. The molecule has 0 aliphatic rings. The fourth-order valence-corrected chi connectivity index (χ4v) is 4.69. The summed E-state index contributed by atoms with van der Waals surface area (Å²) in [5, 5.41) is 18.1. The van der Waals surface area contributed by atoms with Crippen molar-refractivity contribution in [3.63, 3.8) is 0 Å². The van der Waals surface area contributed by atoms with Gasteiger partial charge < -0.3 is 5.11 Å². The van der Waals surface area contributed by atoms with Crippen molar-refractivity contribution in [2.45, 2.75) is 26.4 Å². The van der Waals surface area contributed by atoms with Gasteiger partial charge in [-0.05, 0) is 26.0 Å². The van der Waals surface area contributed by atoms with Crippen LogP contribution in [0.5, 0.6) is 0 Å². The zero-order valence-corrected chi connectivity index (χ0v) is 16.2. The smallest absolute Gasteiger partial charge is 0.337 e. The maximum atomic E-state index is 12.7. The van der Waals surface area contributed by atoms with Crippen LogP contribution < -0.4 is 11.2 Å². The third-order valence-corrected chi connectivity index (χ3v) is 5.81. The number of rotatable bonds is 4. The van der Waals surface area contributed by atoms with Crippen molar-refractivity contribution in [1.29, 1.82) is 0 Å². The molecular formula is C18H17N5O4S. The summed E-state index contributed by atoms with van der Waals surface area (Å²) in [5.74, 6) is -1.21. The van der Waals surface area contributed by atoms with Crippen LogP contribution in [0.3, 0.4) is 0 Å². The predicted molar refractivity (Wildman–Crippen MR) is 105 cm³/mol. The summed E-state index contributed by atoms with van der Waals surface area (Å²) in [6, 6.07) is 7.11. The van der Waals surface area contributed by atoms with Crippen LogP contribution in [0.2, 0.25) is 0 Å². The lowest BCUT2D eigenvalue weighted by molar-refractivity contribution is 0.0698. The van der Waals surface area contributed by atoms with Crippen LogP contribution in [0.1, 0.15) is 35.1 Å². The molecule has 0 fully saturated rings. The van der Waals surface area contributed by atoms with E-state index in [0.29, 0.717) is 15.2 Å². The molecule has 1 N–H and O–H groups in total. The number of para-hydroxylation sites is 1. The highest BCUT2D eigenvalue weighted by atomic mass is 32.1. The van der Waals surface area contributed by atoms with Gasteiger partial charge in [0.2, 0.25) is 0 Å². The average Bonchev–Trinajstić information content (AvgIpc) is 3.22. The van der Waals surface area contributed by atoms with Crippen LogP contribution in [-0.2, 0) is 13.6 Å². The summed E-state index contributed by atoms with van der Waals surface area (Å²) in [6.07, 6.45) is 0. The lowest BCUT2D eigenvalue weighted by Gasteiger charge is -2.12. The first-order valence-corrected chi connectivity index (χ1v) is 9.41. The van der Waals surface area contributed by atoms with Crippen molar-refractivity contribution in [3.8, 4) is 0 Å². The van der Waals surface area contributed by atoms with Crippen LogP contribution in [0.25, 0.3) is 21.3 Å². The topological polar surface area (TPSA) is 112 Å². The van der Waals surface area contributed by atoms with Gasteiger partial charge in [0.05, 0.1) is 23.0 Å².